The Bertz CT molecular complexity index is 692. The predicted molar refractivity (Wildman–Crippen MR) is 87.0 cm³/mol. The summed E-state index contributed by atoms with van der Waals surface area (Å²) in [5, 5.41) is 3.22. The van der Waals surface area contributed by atoms with Crippen LogP contribution in [0.1, 0.15) is 10.6 Å². The molecule has 2 rings (SSSR count). The Hall–Kier alpha value is -0.670. The predicted octanol–water partition coefficient (Wildman–Crippen LogP) is 2.69. The zero-order valence-corrected chi connectivity index (χ0v) is 15.0. The quantitative estimate of drug-likeness (QED) is 0.735. The number of rotatable bonds is 7. The summed E-state index contributed by atoms with van der Waals surface area (Å²) in [7, 11) is -0.529. The van der Waals surface area contributed by atoms with Crippen LogP contribution in [0.5, 0.6) is 0 Å². The van der Waals surface area contributed by atoms with Crippen molar-refractivity contribution in [1.82, 2.24) is 9.62 Å². The lowest BCUT2D eigenvalue weighted by atomic mass is 10.3. The highest BCUT2D eigenvalue weighted by atomic mass is 79.9. The summed E-state index contributed by atoms with van der Waals surface area (Å²) in [5.74, 6) is 0.614. The molecule has 21 heavy (non-hydrogen) atoms. The van der Waals surface area contributed by atoms with E-state index in [-0.39, 0.29) is 5.09 Å². The lowest BCUT2D eigenvalue weighted by molar-refractivity contribution is 0.389. The molecule has 116 valence electrons. The summed E-state index contributed by atoms with van der Waals surface area (Å²) in [6.45, 7) is 1.32. The maximum Gasteiger partial charge on any atom is 0.275 e. The lowest BCUT2D eigenvalue weighted by Crippen LogP contribution is -2.21. The van der Waals surface area contributed by atoms with Crippen LogP contribution in [0.15, 0.2) is 37.6 Å². The van der Waals surface area contributed by atoms with Crippen LogP contribution < -0.4 is 5.32 Å². The topological polar surface area (TPSA) is 62.6 Å². The third kappa shape index (κ3) is 4.40. The van der Waals surface area contributed by atoms with Gasteiger partial charge in [0.15, 0.2) is 0 Å². The minimum atomic E-state index is -3.49. The Balaban J connectivity index is 1.83. The summed E-state index contributed by atoms with van der Waals surface area (Å²) < 4.78 is 31.4. The standard InChI is InChI=1S/C13H17BrN2O3S2/c1-16(2)21(17,18)13-6-3-10(19-13)9-15-8-7-11-4-5-12(14)20-11/h3-6,15H,7-9H2,1-2H3. The molecule has 8 heteroatoms. The molecule has 0 unspecified atom stereocenters. The van der Waals surface area contributed by atoms with E-state index in [9.17, 15) is 8.42 Å². The van der Waals surface area contributed by atoms with Crippen LogP contribution in [0.25, 0.3) is 0 Å². The van der Waals surface area contributed by atoms with Crippen LogP contribution >= 0.6 is 27.3 Å². The van der Waals surface area contributed by atoms with E-state index in [2.05, 4.69) is 27.3 Å². The minimum Gasteiger partial charge on any atom is -0.447 e. The van der Waals surface area contributed by atoms with Crippen LogP contribution in [0.4, 0.5) is 0 Å². The molecule has 0 aromatic carbocycles. The third-order valence-electron chi connectivity index (χ3n) is 2.85. The van der Waals surface area contributed by atoms with Gasteiger partial charge in [-0.1, -0.05) is 0 Å². The van der Waals surface area contributed by atoms with Gasteiger partial charge in [-0.2, -0.15) is 0 Å². The molecule has 0 amide bonds. The Labute approximate surface area is 137 Å². The second-order valence-corrected chi connectivity index (χ2v) is 9.27. The number of nitrogens with zero attached hydrogens (tertiary/aromatic N) is 1. The van der Waals surface area contributed by atoms with Crippen molar-refractivity contribution in [3.8, 4) is 0 Å². The number of nitrogens with one attached hydrogen (secondary N) is 1. The van der Waals surface area contributed by atoms with Crippen molar-refractivity contribution in [3.05, 3.63) is 38.7 Å². The van der Waals surface area contributed by atoms with Crippen LogP contribution in [-0.2, 0) is 23.0 Å². The van der Waals surface area contributed by atoms with Gasteiger partial charge in [0.05, 0.1) is 10.3 Å². The number of hydrogen-bond acceptors (Lipinski definition) is 5. The van der Waals surface area contributed by atoms with E-state index in [0.717, 1.165) is 21.1 Å². The van der Waals surface area contributed by atoms with E-state index < -0.39 is 10.0 Å². The van der Waals surface area contributed by atoms with Crippen molar-refractivity contribution < 1.29 is 12.8 Å². The first-order valence-corrected chi connectivity index (χ1v) is 9.41. The number of hydrogen-bond donors (Lipinski definition) is 1. The van der Waals surface area contributed by atoms with Gasteiger partial charge in [0.1, 0.15) is 5.76 Å². The Morgan fingerprint density at radius 3 is 2.67 bits per heavy atom. The molecule has 0 aliphatic carbocycles. The molecule has 0 aliphatic rings. The van der Waals surface area contributed by atoms with Crippen LogP contribution in [0.3, 0.4) is 0 Å². The lowest BCUT2D eigenvalue weighted by Gasteiger charge is -2.07. The fourth-order valence-corrected chi connectivity index (χ4v) is 3.98. The van der Waals surface area contributed by atoms with E-state index in [4.69, 9.17) is 4.42 Å². The largest absolute Gasteiger partial charge is 0.447 e. The average molecular weight is 393 g/mol. The average Bonchev–Trinajstić information content (AvgIpc) is 3.04. The van der Waals surface area contributed by atoms with Crippen molar-refractivity contribution in [2.45, 2.75) is 18.1 Å². The van der Waals surface area contributed by atoms with E-state index >= 15 is 0 Å². The molecule has 0 fully saturated rings. The highest BCUT2D eigenvalue weighted by Gasteiger charge is 2.21. The van der Waals surface area contributed by atoms with Gasteiger partial charge < -0.3 is 9.73 Å². The molecule has 0 atom stereocenters. The van der Waals surface area contributed by atoms with Gasteiger partial charge in [-0.15, -0.1) is 11.3 Å². The van der Waals surface area contributed by atoms with Crippen molar-refractivity contribution in [3.63, 3.8) is 0 Å². The smallest absolute Gasteiger partial charge is 0.275 e. The van der Waals surface area contributed by atoms with Gasteiger partial charge in [0.25, 0.3) is 10.0 Å². The molecule has 0 bridgehead atoms. The molecule has 2 aromatic heterocycles. The Morgan fingerprint density at radius 2 is 2.05 bits per heavy atom. The summed E-state index contributed by atoms with van der Waals surface area (Å²) in [6.07, 6.45) is 0.930. The first kappa shape index (κ1) is 16.7. The van der Waals surface area contributed by atoms with E-state index in [1.165, 1.54) is 25.0 Å². The zero-order chi connectivity index (χ0) is 15.5. The van der Waals surface area contributed by atoms with Gasteiger partial charge in [-0.05, 0) is 46.6 Å². The molecule has 0 saturated heterocycles. The fourth-order valence-electron chi connectivity index (χ4n) is 1.68. The summed E-state index contributed by atoms with van der Waals surface area (Å²) in [6, 6.07) is 7.30. The molecule has 0 saturated carbocycles. The summed E-state index contributed by atoms with van der Waals surface area (Å²) in [4.78, 5) is 1.30. The molecule has 2 aromatic rings. The third-order valence-corrected chi connectivity index (χ3v) is 6.22. The first-order valence-electron chi connectivity index (χ1n) is 6.36. The monoisotopic (exact) mass is 392 g/mol. The van der Waals surface area contributed by atoms with E-state index in [0.29, 0.717) is 12.3 Å². The normalized spacial score (nSPS) is 12.2. The van der Waals surface area contributed by atoms with Gasteiger partial charge in [0, 0.05) is 25.5 Å². The van der Waals surface area contributed by atoms with Crippen molar-refractivity contribution in [2.24, 2.45) is 0 Å². The first-order chi connectivity index (χ1) is 9.89. The molecular weight excluding hydrogens is 376 g/mol. The second kappa shape index (κ2) is 7.06. The molecule has 5 nitrogen and oxygen atoms in total. The minimum absolute atomic E-state index is 0.0218. The zero-order valence-electron chi connectivity index (χ0n) is 11.8. The second-order valence-electron chi connectivity index (χ2n) is 4.64. The summed E-state index contributed by atoms with van der Waals surface area (Å²) >= 11 is 5.15. The molecule has 0 radical (unpaired) electrons. The highest BCUT2D eigenvalue weighted by molar-refractivity contribution is 9.11. The number of thiophene rings is 1. The molecule has 1 N–H and O–H groups in total. The van der Waals surface area contributed by atoms with Gasteiger partial charge in [-0.25, -0.2) is 12.7 Å². The van der Waals surface area contributed by atoms with E-state index in [1.807, 2.05) is 6.07 Å². The maximum atomic E-state index is 11.9. The van der Waals surface area contributed by atoms with Crippen molar-refractivity contribution in [1.29, 1.82) is 0 Å². The molecule has 0 spiro atoms. The van der Waals surface area contributed by atoms with Gasteiger partial charge >= 0.3 is 0 Å². The number of furan rings is 1. The highest BCUT2D eigenvalue weighted by Crippen LogP contribution is 2.22. The van der Waals surface area contributed by atoms with Crippen LogP contribution in [-0.4, -0.2) is 33.4 Å². The Kier molecular flexibility index (Phi) is 5.61. The van der Waals surface area contributed by atoms with Gasteiger partial charge in [0.2, 0.25) is 5.09 Å². The molecule has 0 aliphatic heterocycles. The molecular formula is C13H17BrN2O3S2. The van der Waals surface area contributed by atoms with Crippen LogP contribution in [0, 0.1) is 0 Å². The maximum absolute atomic E-state index is 11.9. The van der Waals surface area contributed by atoms with E-state index in [1.54, 1.807) is 17.4 Å². The van der Waals surface area contributed by atoms with Crippen molar-refractivity contribution >= 4 is 37.3 Å². The number of sulfonamides is 1. The fraction of sp³-hybridized carbons (Fsp3) is 0.385. The summed E-state index contributed by atoms with van der Waals surface area (Å²) in [5.41, 5.74) is 0. The van der Waals surface area contributed by atoms with Crippen LogP contribution in [0.2, 0.25) is 0 Å². The van der Waals surface area contributed by atoms with Gasteiger partial charge in [-0.3, -0.25) is 0 Å². The Morgan fingerprint density at radius 1 is 1.29 bits per heavy atom. The SMILES string of the molecule is CN(C)S(=O)(=O)c1ccc(CNCCc2ccc(Br)s2)o1. The molecule has 2 heterocycles. The van der Waals surface area contributed by atoms with Crippen molar-refractivity contribution in [2.75, 3.05) is 20.6 Å². The number of halogens is 1.